The van der Waals surface area contributed by atoms with E-state index in [1.165, 1.54) is 5.56 Å². The molecule has 2 heterocycles. The van der Waals surface area contributed by atoms with Gasteiger partial charge < -0.3 is 15.2 Å². The van der Waals surface area contributed by atoms with Crippen molar-refractivity contribution in [3.8, 4) is 11.5 Å². The second-order valence-electron chi connectivity index (χ2n) is 4.49. The molecule has 1 aliphatic rings. The average molecular weight is 340 g/mol. The molecule has 100 valence electrons. The Balaban J connectivity index is 1.93. The van der Waals surface area contributed by atoms with Gasteiger partial charge >= 0.3 is 0 Å². The van der Waals surface area contributed by atoms with Crippen molar-refractivity contribution in [3.63, 3.8) is 0 Å². The van der Waals surface area contributed by atoms with E-state index >= 15 is 0 Å². The van der Waals surface area contributed by atoms with Crippen molar-refractivity contribution in [2.24, 2.45) is 5.73 Å². The lowest BCUT2D eigenvalue weighted by Gasteiger charge is -2.20. The Labute approximate surface area is 124 Å². The molecule has 19 heavy (non-hydrogen) atoms. The molecule has 2 N–H and O–H groups in total. The quantitative estimate of drug-likeness (QED) is 0.908. The van der Waals surface area contributed by atoms with Gasteiger partial charge in [-0.15, -0.1) is 11.3 Å². The van der Waals surface area contributed by atoms with Crippen molar-refractivity contribution in [3.05, 3.63) is 44.1 Å². The maximum atomic E-state index is 6.32. The minimum absolute atomic E-state index is 0.133. The van der Waals surface area contributed by atoms with Gasteiger partial charge in [-0.2, -0.15) is 0 Å². The number of thiophene rings is 1. The summed E-state index contributed by atoms with van der Waals surface area (Å²) in [5.41, 5.74) is 8.58. The number of ether oxygens (including phenoxy) is 2. The van der Waals surface area contributed by atoms with Crippen molar-refractivity contribution in [2.75, 3.05) is 13.2 Å². The normalized spacial score (nSPS) is 15.3. The third-order valence-corrected chi connectivity index (χ3v) is 5.33. The van der Waals surface area contributed by atoms with Gasteiger partial charge in [-0.05, 0) is 52.2 Å². The van der Waals surface area contributed by atoms with Crippen LogP contribution in [0.1, 0.15) is 22.0 Å². The van der Waals surface area contributed by atoms with Gasteiger partial charge in [0.05, 0.1) is 9.83 Å². The summed E-state index contributed by atoms with van der Waals surface area (Å²) in [6.45, 7) is 3.27. The Morgan fingerprint density at radius 1 is 1.21 bits per heavy atom. The summed E-state index contributed by atoms with van der Waals surface area (Å²) in [6.07, 6.45) is 0. The van der Waals surface area contributed by atoms with Crippen LogP contribution >= 0.6 is 27.3 Å². The van der Waals surface area contributed by atoms with Gasteiger partial charge in [-0.3, -0.25) is 0 Å². The Hall–Kier alpha value is -1.04. The van der Waals surface area contributed by atoms with Gasteiger partial charge in [-0.1, -0.05) is 6.07 Å². The number of hydrogen-bond acceptors (Lipinski definition) is 4. The predicted octanol–water partition coefficient (Wildman–Crippen LogP) is 3.64. The zero-order valence-electron chi connectivity index (χ0n) is 10.5. The monoisotopic (exact) mass is 339 g/mol. The number of hydrogen-bond donors (Lipinski definition) is 1. The summed E-state index contributed by atoms with van der Waals surface area (Å²) >= 11 is 5.21. The molecule has 1 aromatic heterocycles. The van der Waals surface area contributed by atoms with E-state index in [4.69, 9.17) is 15.2 Å². The number of rotatable bonds is 2. The molecule has 0 spiro atoms. The van der Waals surface area contributed by atoms with Crippen molar-refractivity contribution in [1.82, 2.24) is 0 Å². The van der Waals surface area contributed by atoms with E-state index in [-0.39, 0.29) is 6.04 Å². The van der Waals surface area contributed by atoms with Crippen molar-refractivity contribution >= 4 is 27.3 Å². The summed E-state index contributed by atoms with van der Waals surface area (Å²) in [5, 5.41) is 0. The number of nitrogens with two attached hydrogens (primary N) is 1. The summed E-state index contributed by atoms with van der Waals surface area (Å²) in [7, 11) is 0. The summed E-state index contributed by atoms with van der Waals surface area (Å²) in [5.74, 6) is 1.58. The molecule has 0 fully saturated rings. The Morgan fingerprint density at radius 3 is 2.63 bits per heavy atom. The lowest BCUT2D eigenvalue weighted by Crippen LogP contribution is -2.16. The Bertz CT molecular complexity index is 592. The molecule has 0 bridgehead atoms. The highest BCUT2D eigenvalue weighted by atomic mass is 79.9. The molecule has 1 unspecified atom stereocenters. The highest BCUT2D eigenvalue weighted by molar-refractivity contribution is 9.11. The van der Waals surface area contributed by atoms with Crippen LogP contribution in [0.15, 0.2) is 28.1 Å². The minimum Gasteiger partial charge on any atom is -0.486 e. The molecule has 0 aliphatic carbocycles. The van der Waals surface area contributed by atoms with Gasteiger partial charge in [0.2, 0.25) is 0 Å². The van der Waals surface area contributed by atoms with Crippen LogP contribution in [0.3, 0.4) is 0 Å². The molecule has 1 aromatic carbocycles. The number of halogens is 1. The summed E-state index contributed by atoms with van der Waals surface area (Å²) in [4.78, 5) is 1.14. The number of fused-ring (bicyclic) bond motifs is 1. The van der Waals surface area contributed by atoms with E-state index in [0.717, 1.165) is 25.7 Å². The molecule has 1 aliphatic heterocycles. The van der Waals surface area contributed by atoms with Crippen LogP contribution in [0, 0.1) is 6.92 Å². The van der Waals surface area contributed by atoms with Crippen molar-refractivity contribution < 1.29 is 9.47 Å². The molecule has 0 saturated carbocycles. The topological polar surface area (TPSA) is 44.5 Å². The van der Waals surface area contributed by atoms with Crippen LogP contribution in [0.25, 0.3) is 0 Å². The summed E-state index contributed by atoms with van der Waals surface area (Å²) in [6, 6.07) is 7.89. The SMILES string of the molecule is Cc1cc(C(N)c2ccc3c(c2)OCCO3)sc1Br. The zero-order valence-corrected chi connectivity index (χ0v) is 12.9. The highest BCUT2D eigenvalue weighted by Crippen LogP contribution is 2.37. The molecule has 1 atom stereocenters. The molecule has 0 saturated heterocycles. The standard InChI is InChI=1S/C14H14BrNO2S/c1-8-6-12(19-14(8)15)13(16)9-2-3-10-11(7-9)18-5-4-17-10/h2-3,6-7,13H,4-5,16H2,1H3. The van der Waals surface area contributed by atoms with E-state index < -0.39 is 0 Å². The Kier molecular flexibility index (Phi) is 3.52. The molecule has 5 heteroatoms. The zero-order chi connectivity index (χ0) is 13.4. The number of aryl methyl sites for hydroxylation is 1. The lowest BCUT2D eigenvalue weighted by atomic mass is 10.0. The van der Waals surface area contributed by atoms with Crippen molar-refractivity contribution in [2.45, 2.75) is 13.0 Å². The first kappa shape index (κ1) is 13.0. The van der Waals surface area contributed by atoms with E-state index in [9.17, 15) is 0 Å². The van der Waals surface area contributed by atoms with E-state index in [1.54, 1.807) is 11.3 Å². The largest absolute Gasteiger partial charge is 0.486 e. The maximum absolute atomic E-state index is 6.32. The van der Waals surface area contributed by atoms with E-state index in [1.807, 2.05) is 18.2 Å². The van der Waals surface area contributed by atoms with Crippen LogP contribution in [0.5, 0.6) is 11.5 Å². The predicted molar refractivity (Wildman–Crippen MR) is 80.2 cm³/mol. The summed E-state index contributed by atoms with van der Waals surface area (Å²) < 4.78 is 12.2. The fourth-order valence-electron chi connectivity index (χ4n) is 2.05. The fraction of sp³-hybridized carbons (Fsp3) is 0.286. The molecule has 0 amide bonds. The van der Waals surface area contributed by atoms with E-state index in [2.05, 4.69) is 28.9 Å². The van der Waals surface area contributed by atoms with Crippen molar-refractivity contribution in [1.29, 1.82) is 0 Å². The first-order chi connectivity index (χ1) is 9.15. The van der Waals surface area contributed by atoms with Gasteiger partial charge in [0.1, 0.15) is 13.2 Å². The first-order valence-electron chi connectivity index (χ1n) is 6.06. The molecule has 3 rings (SSSR count). The lowest BCUT2D eigenvalue weighted by molar-refractivity contribution is 0.171. The van der Waals surface area contributed by atoms with Crippen LogP contribution in [-0.2, 0) is 0 Å². The molecule has 0 radical (unpaired) electrons. The molecule has 2 aromatic rings. The Morgan fingerprint density at radius 2 is 1.95 bits per heavy atom. The second-order valence-corrected chi connectivity index (χ2v) is 6.89. The number of benzene rings is 1. The molecule has 3 nitrogen and oxygen atoms in total. The van der Waals surface area contributed by atoms with Gasteiger partial charge in [-0.25, -0.2) is 0 Å². The third-order valence-electron chi connectivity index (χ3n) is 3.11. The van der Waals surface area contributed by atoms with Crippen LogP contribution in [0.4, 0.5) is 0 Å². The van der Waals surface area contributed by atoms with Crippen LogP contribution < -0.4 is 15.2 Å². The smallest absolute Gasteiger partial charge is 0.161 e. The molecular formula is C14H14BrNO2S. The third kappa shape index (κ3) is 2.50. The second kappa shape index (κ2) is 5.15. The molecular weight excluding hydrogens is 326 g/mol. The average Bonchev–Trinajstić information content (AvgIpc) is 2.77. The minimum atomic E-state index is -0.133. The van der Waals surface area contributed by atoms with Crippen LogP contribution in [-0.4, -0.2) is 13.2 Å². The van der Waals surface area contributed by atoms with Crippen LogP contribution in [0.2, 0.25) is 0 Å². The van der Waals surface area contributed by atoms with Gasteiger partial charge in [0.15, 0.2) is 11.5 Å². The van der Waals surface area contributed by atoms with Gasteiger partial charge in [0, 0.05) is 4.88 Å². The maximum Gasteiger partial charge on any atom is 0.161 e. The highest BCUT2D eigenvalue weighted by Gasteiger charge is 2.17. The first-order valence-corrected chi connectivity index (χ1v) is 7.67. The van der Waals surface area contributed by atoms with Gasteiger partial charge in [0.25, 0.3) is 0 Å². The van der Waals surface area contributed by atoms with E-state index in [0.29, 0.717) is 13.2 Å². The fourth-order valence-corrected chi connectivity index (χ4v) is 3.66.